The number of amides is 1. The van der Waals surface area contributed by atoms with Crippen molar-refractivity contribution in [3.63, 3.8) is 0 Å². The van der Waals surface area contributed by atoms with Crippen LogP contribution in [-0.4, -0.2) is 18.5 Å². The van der Waals surface area contributed by atoms with E-state index in [1.165, 1.54) is 12.1 Å². The number of aryl methyl sites for hydroxylation is 1. The number of carbonyl (C=O) groups is 1. The Balaban J connectivity index is 1.85. The summed E-state index contributed by atoms with van der Waals surface area (Å²) in [6, 6.07) is 2.91. The van der Waals surface area contributed by atoms with Gasteiger partial charge in [-0.05, 0) is 31.4 Å². The van der Waals surface area contributed by atoms with Gasteiger partial charge in [-0.25, -0.2) is 8.78 Å². The Morgan fingerprint density at radius 2 is 2.11 bits per heavy atom. The van der Waals surface area contributed by atoms with Crippen molar-refractivity contribution in [1.82, 2.24) is 5.32 Å². The molecule has 0 atom stereocenters. The average Bonchev–Trinajstić information content (AvgIpc) is 3.12. The summed E-state index contributed by atoms with van der Waals surface area (Å²) in [5.74, 6) is -1.32. The van der Waals surface area contributed by atoms with Crippen LogP contribution < -0.4 is 10.6 Å². The molecule has 0 unspecified atom stereocenters. The number of carbonyl (C=O) groups excluding carboxylic acids is 1. The number of benzene rings is 1. The summed E-state index contributed by atoms with van der Waals surface area (Å²) >= 11 is 0. The molecule has 0 heterocycles. The van der Waals surface area contributed by atoms with Crippen molar-refractivity contribution in [1.29, 1.82) is 0 Å². The van der Waals surface area contributed by atoms with Crippen LogP contribution in [0.3, 0.4) is 0 Å². The van der Waals surface area contributed by atoms with Gasteiger partial charge < -0.3 is 10.6 Å². The zero-order valence-corrected chi connectivity index (χ0v) is 10.2. The zero-order chi connectivity index (χ0) is 13.1. The van der Waals surface area contributed by atoms with Crippen molar-refractivity contribution in [3.8, 4) is 0 Å². The van der Waals surface area contributed by atoms with E-state index >= 15 is 0 Å². The molecule has 1 aromatic rings. The minimum absolute atomic E-state index is 0.0848. The molecular weight excluding hydrogens is 238 g/mol. The van der Waals surface area contributed by atoms with Crippen LogP contribution in [0.5, 0.6) is 0 Å². The van der Waals surface area contributed by atoms with Gasteiger partial charge in [0.25, 0.3) is 0 Å². The number of hydrogen-bond acceptors (Lipinski definition) is 2. The minimum atomic E-state index is -0.638. The van der Waals surface area contributed by atoms with E-state index in [2.05, 4.69) is 10.6 Å². The first kappa shape index (κ1) is 12.8. The van der Waals surface area contributed by atoms with E-state index in [-0.39, 0.29) is 24.6 Å². The quantitative estimate of drug-likeness (QED) is 0.847. The van der Waals surface area contributed by atoms with Gasteiger partial charge in [0.05, 0.1) is 0 Å². The van der Waals surface area contributed by atoms with Gasteiger partial charge in [-0.2, -0.15) is 0 Å². The Kier molecular flexibility index (Phi) is 3.79. The fourth-order valence-corrected chi connectivity index (χ4v) is 1.65. The normalized spacial score (nSPS) is 14.4. The van der Waals surface area contributed by atoms with E-state index in [4.69, 9.17) is 0 Å². The molecule has 98 valence electrons. The lowest BCUT2D eigenvalue weighted by molar-refractivity contribution is -0.120. The summed E-state index contributed by atoms with van der Waals surface area (Å²) in [5.41, 5.74) is 0.218. The van der Waals surface area contributed by atoms with Gasteiger partial charge in [0.15, 0.2) is 5.82 Å². The monoisotopic (exact) mass is 254 g/mol. The average molecular weight is 254 g/mol. The minimum Gasteiger partial charge on any atom is -0.380 e. The third-order valence-electron chi connectivity index (χ3n) is 2.88. The summed E-state index contributed by atoms with van der Waals surface area (Å²) in [6.45, 7) is 1.79. The SMILES string of the molecule is Cc1ccc(F)c(NCCC(=O)NC2CC2)c1F. The molecule has 0 bridgehead atoms. The summed E-state index contributed by atoms with van der Waals surface area (Å²) < 4.78 is 27.0. The lowest BCUT2D eigenvalue weighted by atomic mass is 10.2. The highest BCUT2D eigenvalue weighted by Gasteiger charge is 2.22. The van der Waals surface area contributed by atoms with Crippen LogP contribution in [0.25, 0.3) is 0 Å². The lowest BCUT2D eigenvalue weighted by Gasteiger charge is -2.10. The van der Waals surface area contributed by atoms with Gasteiger partial charge in [-0.15, -0.1) is 0 Å². The molecule has 1 aromatic carbocycles. The van der Waals surface area contributed by atoms with E-state index in [0.29, 0.717) is 11.6 Å². The largest absolute Gasteiger partial charge is 0.380 e. The Bertz CT molecular complexity index is 459. The van der Waals surface area contributed by atoms with Crippen LogP contribution in [0, 0.1) is 18.6 Å². The van der Waals surface area contributed by atoms with Gasteiger partial charge in [0.1, 0.15) is 11.5 Å². The van der Waals surface area contributed by atoms with Crippen molar-refractivity contribution >= 4 is 11.6 Å². The fourth-order valence-electron chi connectivity index (χ4n) is 1.65. The molecule has 0 radical (unpaired) electrons. The van der Waals surface area contributed by atoms with Crippen molar-refractivity contribution in [2.45, 2.75) is 32.2 Å². The van der Waals surface area contributed by atoms with E-state index < -0.39 is 11.6 Å². The molecular formula is C13H16F2N2O. The van der Waals surface area contributed by atoms with E-state index in [0.717, 1.165) is 12.8 Å². The molecule has 5 heteroatoms. The zero-order valence-electron chi connectivity index (χ0n) is 10.2. The standard InChI is InChI=1S/C13H16F2N2O/c1-8-2-5-10(14)13(12(8)15)16-7-6-11(18)17-9-3-4-9/h2,5,9,16H,3-4,6-7H2,1H3,(H,17,18). The predicted molar refractivity (Wildman–Crippen MR) is 65.4 cm³/mol. The van der Waals surface area contributed by atoms with Gasteiger partial charge in [0.2, 0.25) is 5.91 Å². The molecule has 1 amide bonds. The van der Waals surface area contributed by atoms with Crippen molar-refractivity contribution in [3.05, 3.63) is 29.3 Å². The van der Waals surface area contributed by atoms with Crippen LogP contribution in [0.4, 0.5) is 14.5 Å². The Hall–Kier alpha value is -1.65. The van der Waals surface area contributed by atoms with Crippen LogP contribution in [0.1, 0.15) is 24.8 Å². The van der Waals surface area contributed by atoms with Crippen LogP contribution >= 0.6 is 0 Å². The van der Waals surface area contributed by atoms with Gasteiger partial charge in [0, 0.05) is 19.0 Å². The van der Waals surface area contributed by atoms with Gasteiger partial charge in [-0.1, -0.05) is 6.07 Å². The molecule has 1 aliphatic carbocycles. The number of halogens is 2. The molecule has 2 rings (SSSR count). The molecule has 0 spiro atoms. The number of rotatable bonds is 5. The van der Waals surface area contributed by atoms with Crippen LogP contribution in [0.2, 0.25) is 0 Å². The summed E-state index contributed by atoms with van der Waals surface area (Å²) in [7, 11) is 0. The van der Waals surface area contributed by atoms with Gasteiger partial charge >= 0.3 is 0 Å². The molecule has 2 N–H and O–H groups in total. The first-order chi connectivity index (χ1) is 8.58. The highest BCUT2D eigenvalue weighted by Crippen LogP contribution is 2.21. The maximum absolute atomic E-state index is 13.6. The number of hydrogen-bond donors (Lipinski definition) is 2. The Morgan fingerprint density at radius 1 is 1.39 bits per heavy atom. The van der Waals surface area contributed by atoms with Crippen molar-refractivity contribution in [2.24, 2.45) is 0 Å². The van der Waals surface area contributed by atoms with Gasteiger partial charge in [-0.3, -0.25) is 4.79 Å². The second-order valence-corrected chi connectivity index (χ2v) is 4.57. The maximum atomic E-state index is 13.6. The molecule has 0 saturated heterocycles. The van der Waals surface area contributed by atoms with Crippen LogP contribution in [0.15, 0.2) is 12.1 Å². The first-order valence-electron chi connectivity index (χ1n) is 6.06. The highest BCUT2D eigenvalue weighted by molar-refractivity contribution is 5.77. The molecule has 3 nitrogen and oxygen atoms in total. The number of anilines is 1. The molecule has 1 fully saturated rings. The second kappa shape index (κ2) is 5.33. The lowest BCUT2D eigenvalue weighted by Crippen LogP contribution is -2.27. The third kappa shape index (κ3) is 3.18. The van der Waals surface area contributed by atoms with E-state index in [1.54, 1.807) is 6.92 Å². The highest BCUT2D eigenvalue weighted by atomic mass is 19.1. The molecule has 0 aliphatic heterocycles. The van der Waals surface area contributed by atoms with E-state index in [1.807, 2.05) is 0 Å². The Morgan fingerprint density at radius 3 is 2.78 bits per heavy atom. The van der Waals surface area contributed by atoms with Crippen molar-refractivity contribution < 1.29 is 13.6 Å². The summed E-state index contributed by atoms with van der Waals surface area (Å²) in [5, 5.41) is 5.45. The molecule has 1 saturated carbocycles. The molecule has 1 aliphatic rings. The summed E-state index contributed by atoms with van der Waals surface area (Å²) in [4.78, 5) is 11.4. The van der Waals surface area contributed by atoms with Crippen LogP contribution in [-0.2, 0) is 4.79 Å². The molecule has 0 aromatic heterocycles. The second-order valence-electron chi connectivity index (χ2n) is 4.57. The summed E-state index contributed by atoms with van der Waals surface area (Å²) in [6.07, 6.45) is 2.27. The van der Waals surface area contributed by atoms with Crippen molar-refractivity contribution in [2.75, 3.05) is 11.9 Å². The fraction of sp³-hybridized carbons (Fsp3) is 0.462. The third-order valence-corrected chi connectivity index (χ3v) is 2.88. The molecule has 18 heavy (non-hydrogen) atoms. The smallest absolute Gasteiger partial charge is 0.221 e. The number of nitrogens with one attached hydrogen (secondary N) is 2. The van der Waals surface area contributed by atoms with E-state index in [9.17, 15) is 13.6 Å². The maximum Gasteiger partial charge on any atom is 0.221 e. The predicted octanol–water partition coefficient (Wildman–Crippen LogP) is 2.35. The Labute approximate surface area is 105 Å². The topological polar surface area (TPSA) is 41.1 Å². The first-order valence-corrected chi connectivity index (χ1v) is 6.06.